The highest BCUT2D eigenvalue weighted by atomic mass is 16.5. The van der Waals surface area contributed by atoms with Gasteiger partial charge in [-0.15, -0.1) is 0 Å². The molecule has 1 aliphatic heterocycles. The number of allylic oxidation sites excluding steroid dienone is 1. The van der Waals surface area contributed by atoms with Crippen molar-refractivity contribution in [3.05, 3.63) is 107 Å². The van der Waals surface area contributed by atoms with Crippen LogP contribution in [-0.4, -0.2) is 57.0 Å². The number of nitrogens with zero attached hydrogens (tertiary/aromatic N) is 1. The lowest BCUT2D eigenvalue weighted by molar-refractivity contribution is -0.136. The van der Waals surface area contributed by atoms with Crippen molar-refractivity contribution in [3.8, 4) is 23.0 Å². The van der Waals surface area contributed by atoms with E-state index in [1.165, 1.54) is 7.11 Å². The number of esters is 1. The molecule has 2 amide bonds. The molecule has 12 nitrogen and oxygen atoms in total. The van der Waals surface area contributed by atoms with Crippen LogP contribution in [0.5, 0.6) is 23.0 Å². The number of hydrazone groups is 1. The summed E-state index contributed by atoms with van der Waals surface area (Å²) in [6.45, 7) is 4.00. The van der Waals surface area contributed by atoms with Gasteiger partial charge in [-0.05, 0) is 71.6 Å². The Hall–Kier alpha value is -5.75. The van der Waals surface area contributed by atoms with Gasteiger partial charge in [0, 0.05) is 5.70 Å². The summed E-state index contributed by atoms with van der Waals surface area (Å²) in [4.78, 5) is 24.7. The van der Waals surface area contributed by atoms with E-state index >= 15 is 0 Å². The first-order valence-corrected chi connectivity index (χ1v) is 15.3. The van der Waals surface area contributed by atoms with Crippen LogP contribution in [-0.2, 0) is 16.1 Å². The molecule has 0 aliphatic carbocycles. The van der Waals surface area contributed by atoms with Gasteiger partial charge in [-0.2, -0.15) is 5.10 Å². The number of ether oxygens (including phenoxy) is 5. The van der Waals surface area contributed by atoms with Crippen molar-refractivity contribution in [1.82, 2.24) is 16.1 Å². The molecule has 1 heterocycles. The maximum absolute atomic E-state index is 12.5. The Labute approximate surface area is 278 Å². The fourth-order valence-corrected chi connectivity index (χ4v) is 5.28. The highest BCUT2D eigenvalue weighted by Crippen LogP contribution is 2.35. The van der Waals surface area contributed by atoms with E-state index in [9.17, 15) is 14.7 Å². The zero-order chi connectivity index (χ0) is 34.0. The molecule has 5 rings (SSSR count). The van der Waals surface area contributed by atoms with Crippen LogP contribution in [0, 0.1) is 0 Å². The van der Waals surface area contributed by atoms with Crippen LogP contribution >= 0.6 is 0 Å². The average molecular weight is 655 g/mol. The Morgan fingerprint density at radius 1 is 0.958 bits per heavy atom. The molecular weight excluding hydrogens is 616 g/mol. The van der Waals surface area contributed by atoms with Gasteiger partial charge in [0.05, 0.1) is 38.7 Å². The Kier molecular flexibility index (Phi) is 11.0. The summed E-state index contributed by atoms with van der Waals surface area (Å²) in [5.74, 6) is 1.29. The number of rotatable bonds is 14. The van der Waals surface area contributed by atoms with Crippen LogP contribution in [0.1, 0.15) is 36.6 Å². The number of methoxy groups -OCH3 is 2. The van der Waals surface area contributed by atoms with Gasteiger partial charge in [-0.25, -0.2) is 9.59 Å². The highest BCUT2D eigenvalue weighted by Gasteiger charge is 2.32. The van der Waals surface area contributed by atoms with E-state index in [0.717, 1.165) is 21.9 Å². The molecule has 0 unspecified atom stereocenters. The van der Waals surface area contributed by atoms with Crippen LogP contribution in [0.4, 0.5) is 4.79 Å². The highest BCUT2D eigenvalue weighted by molar-refractivity contribution is 5.95. The summed E-state index contributed by atoms with van der Waals surface area (Å²) in [5.41, 5.74) is 5.68. The second-order valence-electron chi connectivity index (χ2n) is 10.8. The number of fused-ring (bicyclic) bond motifs is 1. The molecule has 250 valence electrons. The average Bonchev–Trinajstić information content (AvgIpc) is 3.09. The molecule has 4 aromatic carbocycles. The Morgan fingerprint density at radius 3 is 2.52 bits per heavy atom. The van der Waals surface area contributed by atoms with Gasteiger partial charge in [0.2, 0.25) is 0 Å². The molecule has 4 N–H and O–H groups in total. The molecule has 0 radical (unpaired) electrons. The molecule has 0 spiro atoms. The number of carbonyl (C=O) groups excluding carboxylic acids is 2. The molecule has 0 fully saturated rings. The number of urea groups is 1. The van der Waals surface area contributed by atoms with E-state index in [1.54, 1.807) is 44.5 Å². The summed E-state index contributed by atoms with van der Waals surface area (Å²) in [7, 11) is 2.85. The van der Waals surface area contributed by atoms with Gasteiger partial charge in [0.25, 0.3) is 0 Å². The van der Waals surface area contributed by atoms with Crippen molar-refractivity contribution in [1.29, 1.82) is 0 Å². The largest absolute Gasteiger partial charge is 0.493 e. The van der Waals surface area contributed by atoms with Crippen LogP contribution in [0.2, 0.25) is 0 Å². The second kappa shape index (κ2) is 15.7. The Balaban J connectivity index is 1.19. The third-order valence-corrected chi connectivity index (χ3v) is 7.56. The zero-order valence-electron chi connectivity index (χ0n) is 27.1. The molecule has 1 aliphatic rings. The Bertz CT molecular complexity index is 1840. The normalized spacial score (nSPS) is 15.0. The molecule has 4 aromatic rings. The monoisotopic (exact) mass is 654 g/mol. The number of benzene rings is 4. The van der Waals surface area contributed by atoms with Crippen molar-refractivity contribution in [2.75, 3.05) is 27.4 Å². The minimum Gasteiger partial charge on any atom is -0.493 e. The first-order chi connectivity index (χ1) is 23.3. The van der Waals surface area contributed by atoms with Crippen LogP contribution in [0.15, 0.2) is 95.2 Å². The second-order valence-corrected chi connectivity index (χ2v) is 10.8. The number of aliphatic hydroxyl groups excluding tert-OH is 1. The number of carbonyl (C=O) groups is 2. The van der Waals surface area contributed by atoms with Crippen LogP contribution < -0.4 is 35.0 Å². The molecule has 2 atom stereocenters. The molecule has 48 heavy (non-hydrogen) atoms. The van der Waals surface area contributed by atoms with Crippen molar-refractivity contribution >= 4 is 29.0 Å². The number of aliphatic hydroxyl groups is 1. The first kappa shape index (κ1) is 33.6. The summed E-state index contributed by atoms with van der Waals surface area (Å²) in [6, 6.07) is 23.5. The number of nitrogens with one attached hydrogen (secondary N) is 3. The van der Waals surface area contributed by atoms with Gasteiger partial charge < -0.3 is 39.4 Å². The number of hydrogen-bond donors (Lipinski definition) is 4. The Morgan fingerprint density at radius 2 is 1.73 bits per heavy atom. The SMILES string of the molecule is CCOc1cc([C@H]2NC(=O)NC(C)=C2C(=O)OC)ccc1OC[C@H](O)N/N=C\c1ccc(OCc2cccc3ccccc23)c(OC)c1. The van der Waals surface area contributed by atoms with E-state index in [1.807, 2.05) is 43.3 Å². The van der Waals surface area contributed by atoms with Gasteiger partial charge in [0.15, 0.2) is 29.2 Å². The molecule has 12 heteroatoms. The summed E-state index contributed by atoms with van der Waals surface area (Å²) >= 11 is 0. The zero-order valence-corrected chi connectivity index (χ0v) is 27.1. The van der Waals surface area contributed by atoms with E-state index in [4.69, 9.17) is 23.7 Å². The number of amides is 2. The van der Waals surface area contributed by atoms with E-state index in [-0.39, 0.29) is 12.2 Å². The molecule has 0 aromatic heterocycles. The lowest BCUT2D eigenvalue weighted by atomic mass is 9.95. The minimum atomic E-state index is -1.15. The van der Waals surface area contributed by atoms with E-state index < -0.39 is 24.3 Å². The first-order valence-electron chi connectivity index (χ1n) is 15.3. The van der Waals surface area contributed by atoms with Gasteiger partial charge >= 0.3 is 12.0 Å². The van der Waals surface area contributed by atoms with E-state index in [0.29, 0.717) is 47.5 Å². The molecule has 0 bridgehead atoms. The van der Waals surface area contributed by atoms with Gasteiger partial charge in [0.1, 0.15) is 13.2 Å². The fourth-order valence-electron chi connectivity index (χ4n) is 5.28. The summed E-state index contributed by atoms with van der Waals surface area (Å²) < 4.78 is 28.2. The van der Waals surface area contributed by atoms with Gasteiger partial charge in [-0.3, -0.25) is 5.43 Å². The molecule has 0 saturated heterocycles. The third-order valence-electron chi connectivity index (χ3n) is 7.56. The number of hydrogen-bond acceptors (Lipinski definition) is 10. The van der Waals surface area contributed by atoms with Crippen molar-refractivity contribution in [2.45, 2.75) is 32.7 Å². The maximum Gasteiger partial charge on any atom is 0.337 e. The quantitative estimate of drug-likeness (QED) is 0.0642. The predicted molar refractivity (Wildman–Crippen MR) is 180 cm³/mol. The van der Waals surface area contributed by atoms with Crippen molar-refractivity contribution in [2.24, 2.45) is 5.10 Å². The third kappa shape index (κ3) is 7.96. The lowest BCUT2D eigenvalue weighted by Crippen LogP contribution is -2.45. The topological polar surface area (TPSA) is 149 Å². The fraction of sp³-hybridized carbons (Fsp3) is 0.250. The minimum absolute atomic E-state index is 0.155. The molecular formula is C36H38N4O8. The standard InChI is InChI=1S/C36H38N4O8/c1-5-46-31-18-25(34-33(35(42)45-4)22(2)38-36(43)39-34)14-16-29(31)48-21-32(41)40-37-19-23-13-15-28(30(17-23)44-3)47-20-26-11-8-10-24-9-6-7-12-27(24)26/h6-19,32,34,40-41H,5,20-21H2,1-4H3,(H2,38,39,43)/b37-19-/t32-,34+/m0/s1. The summed E-state index contributed by atoms with van der Waals surface area (Å²) in [5, 5.41) is 22.3. The van der Waals surface area contributed by atoms with E-state index in [2.05, 4.69) is 39.4 Å². The summed E-state index contributed by atoms with van der Waals surface area (Å²) in [6.07, 6.45) is 0.392. The van der Waals surface area contributed by atoms with Gasteiger partial charge in [-0.1, -0.05) is 48.5 Å². The van der Waals surface area contributed by atoms with Crippen molar-refractivity contribution in [3.63, 3.8) is 0 Å². The van der Waals surface area contributed by atoms with Crippen LogP contribution in [0.3, 0.4) is 0 Å². The van der Waals surface area contributed by atoms with Crippen LogP contribution in [0.25, 0.3) is 10.8 Å². The lowest BCUT2D eigenvalue weighted by Gasteiger charge is -2.28. The van der Waals surface area contributed by atoms with Crippen molar-refractivity contribution < 1.29 is 38.4 Å². The smallest absolute Gasteiger partial charge is 0.337 e. The molecule has 0 saturated carbocycles. The maximum atomic E-state index is 12.5. The predicted octanol–water partition coefficient (Wildman–Crippen LogP) is 4.95.